The minimum Gasteiger partial charge on any atom is -0.391 e. The Labute approximate surface area is 122 Å². The molecule has 0 spiro atoms. The molecule has 5 nitrogen and oxygen atoms in total. The summed E-state index contributed by atoms with van der Waals surface area (Å²) in [6.45, 7) is 1.86. The van der Waals surface area contributed by atoms with E-state index >= 15 is 0 Å². The van der Waals surface area contributed by atoms with Gasteiger partial charge in [-0.25, -0.2) is 8.42 Å². The number of thiophene rings is 1. The van der Waals surface area contributed by atoms with Crippen molar-refractivity contribution in [3.05, 3.63) is 45.9 Å². The molecule has 0 radical (unpaired) electrons. The van der Waals surface area contributed by atoms with E-state index in [1.54, 1.807) is 25.4 Å². The fourth-order valence-corrected chi connectivity index (χ4v) is 4.48. The monoisotopic (exact) mass is 312 g/mol. The van der Waals surface area contributed by atoms with Gasteiger partial charge in [-0.1, -0.05) is 6.07 Å². The molecule has 2 aromatic heterocycles. The van der Waals surface area contributed by atoms with E-state index in [0.717, 1.165) is 5.56 Å². The van der Waals surface area contributed by atoms with Gasteiger partial charge in [-0.3, -0.25) is 4.98 Å². The first-order valence-electron chi connectivity index (χ1n) is 6.00. The van der Waals surface area contributed by atoms with Crippen LogP contribution >= 0.6 is 11.3 Å². The van der Waals surface area contributed by atoms with Crippen LogP contribution in [0, 0.1) is 6.92 Å². The Hall–Kier alpha value is -1.28. The topological polar surface area (TPSA) is 70.5 Å². The van der Waals surface area contributed by atoms with Gasteiger partial charge < -0.3 is 5.11 Å². The fraction of sp³-hybridized carbons (Fsp3) is 0.308. The second-order valence-electron chi connectivity index (χ2n) is 4.41. The third-order valence-corrected chi connectivity index (χ3v) is 5.99. The lowest BCUT2D eigenvalue weighted by molar-refractivity contribution is 0.285. The van der Waals surface area contributed by atoms with E-state index in [4.69, 9.17) is 5.11 Å². The number of hydrogen-bond donors (Lipinski definition) is 1. The molecule has 0 amide bonds. The van der Waals surface area contributed by atoms with Crippen molar-refractivity contribution in [2.45, 2.75) is 25.0 Å². The molecular weight excluding hydrogens is 296 g/mol. The highest BCUT2D eigenvalue weighted by Crippen LogP contribution is 2.28. The molecule has 2 aromatic rings. The lowest BCUT2D eigenvalue weighted by atomic mass is 10.3. The van der Waals surface area contributed by atoms with Crippen LogP contribution in [0.5, 0.6) is 0 Å². The second-order valence-corrected chi connectivity index (χ2v) is 7.77. The van der Waals surface area contributed by atoms with E-state index in [1.165, 1.54) is 28.8 Å². The van der Waals surface area contributed by atoms with Crippen molar-refractivity contribution >= 4 is 21.4 Å². The van der Waals surface area contributed by atoms with Crippen molar-refractivity contribution in [2.75, 3.05) is 7.05 Å². The molecule has 0 bridgehead atoms. The van der Waals surface area contributed by atoms with Crippen LogP contribution in [0.3, 0.4) is 0 Å². The zero-order chi connectivity index (χ0) is 14.8. The maximum absolute atomic E-state index is 12.5. The number of pyridine rings is 1. The van der Waals surface area contributed by atoms with Gasteiger partial charge in [0, 0.05) is 35.7 Å². The van der Waals surface area contributed by atoms with Gasteiger partial charge in [-0.15, -0.1) is 11.3 Å². The van der Waals surface area contributed by atoms with Crippen molar-refractivity contribution < 1.29 is 13.5 Å². The Morgan fingerprint density at radius 1 is 1.45 bits per heavy atom. The highest BCUT2D eigenvalue weighted by molar-refractivity contribution is 7.89. The average Bonchev–Trinajstić information content (AvgIpc) is 2.82. The second kappa shape index (κ2) is 6.01. The van der Waals surface area contributed by atoms with Crippen LogP contribution in [-0.4, -0.2) is 29.9 Å². The smallest absolute Gasteiger partial charge is 0.244 e. The van der Waals surface area contributed by atoms with Gasteiger partial charge in [0.1, 0.15) is 0 Å². The number of aryl methyl sites for hydroxylation is 1. The first-order chi connectivity index (χ1) is 9.45. The van der Waals surface area contributed by atoms with Crippen molar-refractivity contribution in [2.24, 2.45) is 0 Å². The number of aromatic nitrogens is 1. The Bertz CT molecular complexity index is 681. The van der Waals surface area contributed by atoms with Gasteiger partial charge in [0.25, 0.3) is 0 Å². The summed E-state index contributed by atoms with van der Waals surface area (Å²) in [6, 6.07) is 5.14. The van der Waals surface area contributed by atoms with Crippen LogP contribution in [0.4, 0.5) is 0 Å². The van der Waals surface area contributed by atoms with Gasteiger partial charge in [0.15, 0.2) is 0 Å². The van der Waals surface area contributed by atoms with Gasteiger partial charge >= 0.3 is 0 Å². The molecule has 0 saturated carbocycles. The van der Waals surface area contributed by atoms with E-state index in [-0.39, 0.29) is 18.0 Å². The standard InChI is InChI=1S/C13H16N2O3S2/c1-10-13(6-12(9-16)19-10)20(17,18)15(2)8-11-4-3-5-14-7-11/h3-7,16H,8-9H2,1-2H3. The number of nitrogens with zero attached hydrogens (tertiary/aromatic N) is 2. The molecule has 0 aliphatic rings. The van der Waals surface area contributed by atoms with Crippen LogP contribution in [0.2, 0.25) is 0 Å². The summed E-state index contributed by atoms with van der Waals surface area (Å²) in [5.41, 5.74) is 0.828. The number of rotatable bonds is 5. The zero-order valence-corrected chi connectivity index (χ0v) is 12.9. The summed E-state index contributed by atoms with van der Waals surface area (Å²) in [4.78, 5) is 5.57. The molecular formula is C13H16N2O3S2. The maximum atomic E-state index is 12.5. The van der Waals surface area contributed by atoms with Crippen molar-refractivity contribution in [1.82, 2.24) is 9.29 Å². The van der Waals surface area contributed by atoms with E-state index in [2.05, 4.69) is 4.98 Å². The Morgan fingerprint density at radius 2 is 2.20 bits per heavy atom. The number of sulfonamides is 1. The normalized spacial score (nSPS) is 12.0. The number of aliphatic hydroxyl groups excluding tert-OH is 1. The van der Waals surface area contributed by atoms with Gasteiger partial charge in [-0.05, 0) is 24.6 Å². The first-order valence-corrected chi connectivity index (χ1v) is 8.26. The van der Waals surface area contributed by atoms with Gasteiger partial charge in [0.2, 0.25) is 10.0 Å². The molecule has 20 heavy (non-hydrogen) atoms. The molecule has 0 aliphatic heterocycles. The molecule has 0 unspecified atom stereocenters. The predicted molar refractivity (Wildman–Crippen MR) is 77.9 cm³/mol. The third kappa shape index (κ3) is 3.06. The lowest BCUT2D eigenvalue weighted by Crippen LogP contribution is -2.26. The highest BCUT2D eigenvalue weighted by atomic mass is 32.2. The summed E-state index contributed by atoms with van der Waals surface area (Å²) in [6.07, 6.45) is 3.29. The maximum Gasteiger partial charge on any atom is 0.244 e. The van der Waals surface area contributed by atoms with Gasteiger partial charge in [-0.2, -0.15) is 4.31 Å². The molecule has 0 atom stereocenters. The molecule has 7 heteroatoms. The van der Waals surface area contributed by atoms with Crippen LogP contribution in [-0.2, 0) is 23.2 Å². The molecule has 2 rings (SSSR count). The van der Waals surface area contributed by atoms with E-state index in [0.29, 0.717) is 9.75 Å². The summed E-state index contributed by atoms with van der Waals surface area (Å²) >= 11 is 1.30. The Morgan fingerprint density at radius 3 is 2.75 bits per heavy atom. The van der Waals surface area contributed by atoms with E-state index in [1.807, 2.05) is 6.07 Å². The molecule has 0 aromatic carbocycles. The fourth-order valence-electron chi connectivity index (χ4n) is 1.86. The number of hydrogen-bond acceptors (Lipinski definition) is 5. The summed E-state index contributed by atoms with van der Waals surface area (Å²) in [7, 11) is -2.01. The van der Waals surface area contributed by atoms with Crippen molar-refractivity contribution in [3.63, 3.8) is 0 Å². The minimum absolute atomic E-state index is 0.145. The Kier molecular flexibility index (Phi) is 4.54. The third-order valence-electron chi connectivity index (χ3n) is 2.90. The molecule has 0 aliphatic carbocycles. The predicted octanol–water partition coefficient (Wildman–Crippen LogP) is 1.76. The largest absolute Gasteiger partial charge is 0.391 e. The summed E-state index contributed by atoms with van der Waals surface area (Å²) < 4.78 is 26.3. The van der Waals surface area contributed by atoms with Gasteiger partial charge in [0.05, 0.1) is 11.5 Å². The van der Waals surface area contributed by atoms with Crippen LogP contribution < -0.4 is 0 Å². The van der Waals surface area contributed by atoms with E-state index < -0.39 is 10.0 Å². The van der Waals surface area contributed by atoms with Crippen LogP contribution in [0.15, 0.2) is 35.5 Å². The average molecular weight is 312 g/mol. The zero-order valence-electron chi connectivity index (χ0n) is 11.3. The SMILES string of the molecule is Cc1sc(CO)cc1S(=O)(=O)N(C)Cc1cccnc1. The van der Waals surface area contributed by atoms with Crippen LogP contribution in [0.25, 0.3) is 0 Å². The quantitative estimate of drug-likeness (QED) is 0.913. The van der Waals surface area contributed by atoms with Crippen LogP contribution in [0.1, 0.15) is 15.3 Å². The first kappa shape index (κ1) is 15.1. The number of aliphatic hydroxyl groups is 1. The Balaban J connectivity index is 2.27. The van der Waals surface area contributed by atoms with Crippen molar-refractivity contribution in [1.29, 1.82) is 0 Å². The summed E-state index contributed by atoms with van der Waals surface area (Å²) in [5, 5.41) is 9.11. The lowest BCUT2D eigenvalue weighted by Gasteiger charge is -2.16. The molecule has 108 valence electrons. The van der Waals surface area contributed by atoms with E-state index in [9.17, 15) is 8.42 Å². The summed E-state index contributed by atoms with van der Waals surface area (Å²) in [5.74, 6) is 0. The molecule has 0 saturated heterocycles. The molecule has 0 fully saturated rings. The highest BCUT2D eigenvalue weighted by Gasteiger charge is 2.24. The minimum atomic E-state index is -3.55. The molecule has 2 heterocycles. The van der Waals surface area contributed by atoms with Crippen molar-refractivity contribution in [3.8, 4) is 0 Å². The molecule has 1 N–H and O–H groups in total.